The van der Waals surface area contributed by atoms with Gasteiger partial charge in [-0.05, 0) is 0 Å². The number of aliphatic hydroxyl groups is 8. The van der Waals surface area contributed by atoms with Crippen molar-refractivity contribution in [3.8, 4) is 0 Å². The van der Waals surface area contributed by atoms with E-state index in [1.165, 1.54) is 0 Å². The van der Waals surface area contributed by atoms with Gasteiger partial charge in [-0.3, -0.25) is 0 Å². The fraction of sp³-hybridized carbons (Fsp3) is 0.917. The first-order valence-electron chi connectivity index (χ1n) is 6.84. The van der Waals surface area contributed by atoms with Gasteiger partial charge in [0.2, 0.25) is 0 Å². The Morgan fingerprint density at radius 2 is 1.61 bits per heavy atom. The minimum absolute atomic E-state index is 0.0550. The summed E-state index contributed by atoms with van der Waals surface area (Å²) in [5, 5.41) is 75.2. The third-order valence-electron chi connectivity index (χ3n) is 3.54. The molecule has 1 fully saturated rings. The van der Waals surface area contributed by atoms with Gasteiger partial charge in [-0.25, -0.2) is 0 Å². The lowest BCUT2D eigenvalue weighted by atomic mass is 9.99. The summed E-state index contributed by atoms with van der Waals surface area (Å²) in [4.78, 5) is 11.0. The summed E-state index contributed by atoms with van der Waals surface area (Å²) in [5.74, 6) is 0. The highest BCUT2D eigenvalue weighted by atomic mass is 16.7. The molecule has 0 aromatic rings. The molecule has 11 nitrogen and oxygen atoms in total. The van der Waals surface area contributed by atoms with Gasteiger partial charge in [0.15, 0.2) is 12.6 Å². The smallest absolute Gasteiger partial charge is 0.187 e. The molecule has 1 rings (SSSR count). The van der Waals surface area contributed by atoms with Crippen LogP contribution in [0.25, 0.3) is 0 Å². The molecule has 8 N–H and O–H groups in total. The zero-order chi connectivity index (χ0) is 17.7. The summed E-state index contributed by atoms with van der Waals surface area (Å²) in [6.07, 6.45) is -15.5. The predicted molar refractivity (Wildman–Crippen MR) is 69.8 cm³/mol. The molecule has 0 radical (unpaired) electrons. The average Bonchev–Trinajstić information content (AvgIpc) is 2.57. The maximum Gasteiger partial charge on any atom is 0.187 e. The largest absolute Gasteiger partial charge is 0.394 e. The predicted octanol–water partition coefficient (Wildman–Crippen LogP) is -5.55. The van der Waals surface area contributed by atoms with Crippen LogP contribution in [0.15, 0.2) is 0 Å². The second-order valence-electron chi connectivity index (χ2n) is 5.17. The van der Waals surface area contributed by atoms with Crippen molar-refractivity contribution in [3.05, 3.63) is 0 Å². The van der Waals surface area contributed by atoms with E-state index in [4.69, 9.17) is 19.7 Å². The maximum absolute atomic E-state index is 11.0. The normalized spacial score (nSPS) is 37.0. The van der Waals surface area contributed by atoms with Crippen LogP contribution < -0.4 is 0 Å². The maximum atomic E-state index is 11.0. The molecule has 136 valence electrons. The van der Waals surface area contributed by atoms with E-state index in [0.717, 1.165) is 0 Å². The van der Waals surface area contributed by atoms with Gasteiger partial charge in [0.25, 0.3) is 0 Å². The molecular formula is C12H22O11. The highest BCUT2D eigenvalue weighted by Gasteiger charge is 2.46. The van der Waals surface area contributed by atoms with Crippen molar-refractivity contribution in [2.75, 3.05) is 13.2 Å². The lowest BCUT2D eigenvalue weighted by Crippen LogP contribution is -2.60. The number of rotatable bonds is 8. The van der Waals surface area contributed by atoms with E-state index < -0.39 is 68.3 Å². The van der Waals surface area contributed by atoms with Crippen molar-refractivity contribution >= 4 is 6.29 Å². The van der Waals surface area contributed by atoms with Crippen molar-refractivity contribution < 1.29 is 55.1 Å². The molecule has 23 heavy (non-hydrogen) atoms. The fourth-order valence-electron chi connectivity index (χ4n) is 2.06. The van der Waals surface area contributed by atoms with E-state index in [1.54, 1.807) is 0 Å². The first-order valence-corrected chi connectivity index (χ1v) is 6.84. The molecule has 0 bridgehead atoms. The lowest BCUT2D eigenvalue weighted by molar-refractivity contribution is -0.315. The van der Waals surface area contributed by atoms with Crippen LogP contribution in [0.4, 0.5) is 0 Å². The summed E-state index contributed by atoms with van der Waals surface area (Å²) < 4.78 is 9.94. The molecule has 0 aromatic carbocycles. The SMILES string of the molecule is O=C[C@@H](O[C@H]1O[C@@H](CO)[C@H](O)[C@@H](O)[C@@H]1O)[C@H](O)[C@@H](O)[C@@H](O)CO. The number of carbonyl (C=O) groups excluding carboxylic acids is 1. The van der Waals surface area contributed by atoms with Crippen molar-refractivity contribution in [2.24, 2.45) is 0 Å². The summed E-state index contributed by atoms with van der Waals surface area (Å²) in [6.45, 7) is -1.60. The Morgan fingerprint density at radius 1 is 1.00 bits per heavy atom. The molecule has 1 heterocycles. The molecule has 1 aliphatic heterocycles. The number of hydrogen-bond acceptors (Lipinski definition) is 11. The molecule has 11 heteroatoms. The van der Waals surface area contributed by atoms with Gasteiger partial charge in [-0.2, -0.15) is 0 Å². The second kappa shape index (κ2) is 8.94. The fourth-order valence-corrected chi connectivity index (χ4v) is 2.06. The average molecular weight is 342 g/mol. The molecule has 9 atom stereocenters. The minimum Gasteiger partial charge on any atom is -0.394 e. The summed E-state index contributed by atoms with van der Waals surface area (Å²) in [6, 6.07) is 0. The Hall–Kier alpha value is -0.730. The molecular weight excluding hydrogens is 320 g/mol. The first-order chi connectivity index (χ1) is 10.8. The standard InChI is InChI=1S/C12H22O11/c13-1-4(16)7(17)8(18)5(2-14)22-12-11(21)10(20)9(19)6(3-15)23-12/h2,4-13,15-21H,1,3H2/t4-,5+,6-,7-,8-,9-,10+,11-,12-/m0/s1. The molecule has 1 aliphatic rings. The highest BCUT2D eigenvalue weighted by molar-refractivity contribution is 5.57. The van der Waals surface area contributed by atoms with Crippen LogP contribution in [-0.4, -0.2) is 115 Å². The van der Waals surface area contributed by atoms with E-state index in [2.05, 4.69) is 0 Å². The van der Waals surface area contributed by atoms with E-state index in [9.17, 15) is 35.4 Å². The van der Waals surface area contributed by atoms with Crippen LogP contribution in [0, 0.1) is 0 Å². The Balaban J connectivity index is 2.79. The molecule has 0 amide bonds. The number of carbonyl (C=O) groups is 1. The number of aliphatic hydroxyl groups excluding tert-OH is 8. The molecule has 1 saturated heterocycles. The Bertz CT molecular complexity index is 365. The van der Waals surface area contributed by atoms with Crippen LogP contribution >= 0.6 is 0 Å². The third-order valence-corrected chi connectivity index (χ3v) is 3.54. The van der Waals surface area contributed by atoms with E-state index in [0.29, 0.717) is 0 Å². The van der Waals surface area contributed by atoms with Gasteiger partial charge in [0.05, 0.1) is 13.2 Å². The zero-order valence-corrected chi connectivity index (χ0v) is 12.0. The number of aldehydes is 1. The van der Waals surface area contributed by atoms with Crippen molar-refractivity contribution in [2.45, 2.75) is 55.1 Å². The van der Waals surface area contributed by atoms with Gasteiger partial charge in [-0.1, -0.05) is 0 Å². The summed E-state index contributed by atoms with van der Waals surface area (Å²) in [5.41, 5.74) is 0. The molecule has 0 aromatic heterocycles. The van der Waals surface area contributed by atoms with Gasteiger partial charge in [-0.15, -0.1) is 0 Å². The highest BCUT2D eigenvalue weighted by Crippen LogP contribution is 2.23. The molecule has 0 unspecified atom stereocenters. The molecule has 0 saturated carbocycles. The van der Waals surface area contributed by atoms with Gasteiger partial charge in [0.1, 0.15) is 48.8 Å². The monoisotopic (exact) mass is 342 g/mol. The van der Waals surface area contributed by atoms with E-state index in [-0.39, 0.29) is 6.29 Å². The van der Waals surface area contributed by atoms with Crippen LogP contribution in [0.2, 0.25) is 0 Å². The topological polar surface area (TPSA) is 197 Å². The Morgan fingerprint density at radius 3 is 2.09 bits per heavy atom. The van der Waals surface area contributed by atoms with Crippen LogP contribution in [-0.2, 0) is 14.3 Å². The van der Waals surface area contributed by atoms with Crippen LogP contribution in [0.1, 0.15) is 0 Å². The summed E-state index contributed by atoms with van der Waals surface area (Å²) in [7, 11) is 0. The first kappa shape index (κ1) is 20.3. The number of ether oxygens (including phenoxy) is 2. The number of hydrogen-bond donors (Lipinski definition) is 8. The third kappa shape index (κ3) is 4.64. The molecule has 0 aliphatic carbocycles. The lowest BCUT2D eigenvalue weighted by Gasteiger charge is -2.41. The Labute approximate surface area is 130 Å². The summed E-state index contributed by atoms with van der Waals surface area (Å²) >= 11 is 0. The van der Waals surface area contributed by atoms with E-state index in [1.807, 2.05) is 0 Å². The Kier molecular flexibility index (Phi) is 7.89. The van der Waals surface area contributed by atoms with Crippen molar-refractivity contribution in [1.82, 2.24) is 0 Å². The van der Waals surface area contributed by atoms with Crippen molar-refractivity contribution in [3.63, 3.8) is 0 Å². The molecule has 0 spiro atoms. The zero-order valence-electron chi connectivity index (χ0n) is 12.0. The van der Waals surface area contributed by atoms with Gasteiger partial charge < -0.3 is 55.1 Å². The quantitative estimate of drug-likeness (QED) is 0.196. The van der Waals surface area contributed by atoms with Crippen LogP contribution in [0.3, 0.4) is 0 Å². The van der Waals surface area contributed by atoms with E-state index >= 15 is 0 Å². The van der Waals surface area contributed by atoms with Crippen LogP contribution in [0.5, 0.6) is 0 Å². The van der Waals surface area contributed by atoms with Crippen molar-refractivity contribution in [1.29, 1.82) is 0 Å². The van der Waals surface area contributed by atoms with Gasteiger partial charge >= 0.3 is 0 Å². The second-order valence-corrected chi connectivity index (χ2v) is 5.17. The minimum atomic E-state index is -1.97. The van der Waals surface area contributed by atoms with Gasteiger partial charge in [0, 0.05) is 0 Å².